The Morgan fingerprint density at radius 3 is 1.94 bits per heavy atom. The normalized spacial score (nSPS) is 12.4. The second kappa shape index (κ2) is 4.48. The van der Waals surface area contributed by atoms with E-state index in [1.807, 2.05) is 0 Å². The Morgan fingerprint density at radius 2 is 1.53 bits per heavy atom. The molecule has 0 spiro atoms. The van der Waals surface area contributed by atoms with Crippen LogP contribution in [0.3, 0.4) is 0 Å². The van der Waals surface area contributed by atoms with E-state index in [2.05, 4.69) is 4.74 Å². The number of ether oxygens (including phenoxy) is 1. The molecule has 0 aliphatic heterocycles. The van der Waals surface area contributed by atoms with Gasteiger partial charge in [-0.1, -0.05) is 11.6 Å². The molecule has 0 saturated heterocycles. The molecule has 1 aromatic carbocycles. The molecule has 1 aromatic rings. The molecule has 0 aliphatic carbocycles. The summed E-state index contributed by atoms with van der Waals surface area (Å²) in [5, 5.41) is 0.215. The Hall–Kier alpha value is -1.37. The molecule has 0 bridgehead atoms. The highest BCUT2D eigenvalue weighted by atomic mass is 35.5. The van der Waals surface area contributed by atoms with Crippen LogP contribution in [0.1, 0.15) is 0 Å². The zero-order chi connectivity index (χ0) is 13.3. The van der Waals surface area contributed by atoms with Crippen LogP contribution >= 0.6 is 11.6 Å². The van der Waals surface area contributed by atoms with E-state index in [-0.39, 0.29) is 5.02 Å². The Kier molecular flexibility index (Phi) is 3.61. The average Bonchev–Trinajstić information content (AvgIpc) is 2.19. The molecule has 0 N–H and O–H groups in total. The van der Waals surface area contributed by atoms with Gasteiger partial charge in [0.2, 0.25) is 0 Å². The number of halogens is 6. The predicted molar refractivity (Wildman–Crippen MR) is 48.1 cm³/mol. The molecule has 0 aliphatic rings. The second-order valence-corrected chi connectivity index (χ2v) is 3.35. The van der Waals surface area contributed by atoms with Gasteiger partial charge in [0.1, 0.15) is 5.75 Å². The largest absolute Gasteiger partial charge is 0.465 e. The molecule has 0 saturated carbocycles. The molecular formula is C9H4ClF5O2. The van der Waals surface area contributed by atoms with E-state index < -0.39 is 23.8 Å². The fraction of sp³-hybridized carbons (Fsp3) is 0.222. The maximum absolute atomic E-state index is 12.5. The fourth-order valence-electron chi connectivity index (χ4n) is 0.789. The Bertz CT molecular complexity index is 412. The molecule has 0 radical (unpaired) electrons. The molecule has 17 heavy (non-hydrogen) atoms. The highest BCUT2D eigenvalue weighted by Crippen LogP contribution is 2.36. The minimum absolute atomic E-state index is 0.215. The monoisotopic (exact) mass is 274 g/mol. The van der Waals surface area contributed by atoms with Crippen molar-refractivity contribution in [2.45, 2.75) is 12.1 Å². The van der Waals surface area contributed by atoms with Crippen LogP contribution in [0.15, 0.2) is 24.3 Å². The number of carbonyl (C=O) groups is 1. The lowest BCUT2D eigenvalue weighted by Gasteiger charge is -2.17. The number of esters is 1. The number of rotatable bonds is 2. The molecule has 94 valence electrons. The van der Waals surface area contributed by atoms with Gasteiger partial charge in [-0.15, -0.1) is 0 Å². The summed E-state index contributed by atoms with van der Waals surface area (Å²) >= 11 is 5.44. The summed E-state index contributed by atoms with van der Waals surface area (Å²) in [5.41, 5.74) is 0. The van der Waals surface area contributed by atoms with Crippen LogP contribution in [-0.2, 0) is 4.79 Å². The summed E-state index contributed by atoms with van der Waals surface area (Å²) in [6.45, 7) is 0. The van der Waals surface area contributed by atoms with Crippen LogP contribution in [-0.4, -0.2) is 18.1 Å². The number of benzene rings is 1. The van der Waals surface area contributed by atoms with Gasteiger partial charge in [0.05, 0.1) is 0 Å². The maximum atomic E-state index is 12.5. The summed E-state index contributed by atoms with van der Waals surface area (Å²) in [6.07, 6.45) is -5.99. The van der Waals surface area contributed by atoms with Crippen molar-refractivity contribution in [3.05, 3.63) is 29.3 Å². The molecule has 0 amide bonds. The SMILES string of the molecule is O=C(Oc1ccc(Cl)cc1)C(F)(F)C(F)(F)F. The summed E-state index contributed by atoms with van der Waals surface area (Å²) in [5.74, 6) is -8.69. The molecule has 0 fully saturated rings. The summed E-state index contributed by atoms with van der Waals surface area (Å²) in [7, 11) is 0. The quantitative estimate of drug-likeness (QED) is 0.469. The molecule has 2 nitrogen and oxygen atoms in total. The van der Waals surface area contributed by atoms with E-state index in [1.54, 1.807) is 0 Å². The Balaban J connectivity index is 2.83. The van der Waals surface area contributed by atoms with Gasteiger partial charge >= 0.3 is 18.1 Å². The van der Waals surface area contributed by atoms with Crippen molar-refractivity contribution in [2.24, 2.45) is 0 Å². The summed E-state index contributed by atoms with van der Waals surface area (Å²) < 4.78 is 64.2. The highest BCUT2D eigenvalue weighted by Gasteiger charge is 2.65. The van der Waals surface area contributed by atoms with Crippen molar-refractivity contribution in [3.8, 4) is 5.75 Å². The van der Waals surface area contributed by atoms with E-state index in [4.69, 9.17) is 11.6 Å². The van der Waals surface area contributed by atoms with Crippen molar-refractivity contribution < 1.29 is 31.5 Å². The lowest BCUT2D eigenvalue weighted by atomic mass is 10.3. The van der Waals surface area contributed by atoms with Gasteiger partial charge < -0.3 is 4.74 Å². The molecule has 8 heteroatoms. The number of hydrogen-bond donors (Lipinski definition) is 0. The summed E-state index contributed by atoms with van der Waals surface area (Å²) in [4.78, 5) is 10.6. The molecule has 0 atom stereocenters. The average molecular weight is 275 g/mol. The van der Waals surface area contributed by atoms with Crippen molar-refractivity contribution in [2.75, 3.05) is 0 Å². The second-order valence-electron chi connectivity index (χ2n) is 2.92. The van der Waals surface area contributed by atoms with E-state index in [9.17, 15) is 26.7 Å². The van der Waals surface area contributed by atoms with Gasteiger partial charge in [0.15, 0.2) is 0 Å². The van der Waals surface area contributed by atoms with Crippen LogP contribution in [0.2, 0.25) is 5.02 Å². The smallest absolute Gasteiger partial charge is 0.422 e. The number of carbonyl (C=O) groups excluding carboxylic acids is 1. The third kappa shape index (κ3) is 3.06. The number of alkyl halides is 5. The summed E-state index contributed by atoms with van der Waals surface area (Å²) in [6, 6.07) is 4.34. The third-order valence-electron chi connectivity index (χ3n) is 1.64. The van der Waals surface area contributed by atoms with Gasteiger partial charge in [-0.25, -0.2) is 4.79 Å². The van der Waals surface area contributed by atoms with Crippen LogP contribution < -0.4 is 4.74 Å². The van der Waals surface area contributed by atoms with Gasteiger partial charge in [-0.05, 0) is 24.3 Å². The van der Waals surface area contributed by atoms with Crippen LogP contribution in [0, 0.1) is 0 Å². The van der Waals surface area contributed by atoms with Gasteiger partial charge in [0, 0.05) is 5.02 Å². The maximum Gasteiger partial charge on any atom is 0.465 e. The first-order chi connectivity index (χ1) is 7.64. The Labute approximate surface area is 96.9 Å². The molecule has 0 aromatic heterocycles. The minimum atomic E-state index is -5.99. The van der Waals surface area contributed by atoms with Gasteiger partial charge in [0.25, 0.3) is 0 Å². The highest BCUT2D eigenvalue weighted by molar-refractivity contribution is 6.30. The first kappa shape index (κ1) is 13.7. The van der Waals surface area contributed by atoms with E-state index in [0.29, 0.717) is 0 Å². The van der Waals surface area contributed by atoms with Crippen LogP contribution in [0.4, 0.5) is 22.0 Å². The van der Waals surface area contributed by atoms with Crippen LogP contribution in [0.25, 0.3) is 0 Å². The zero-order valence-electron chi connectivity index (χ0n) is 7.89. The lowest BCUT2D eigenvalue weighted by Crippen LogP contribution is -2.46. The molecule has 0 unspecified atom stereocenters. The zero-order valence-corrected chi connectivity index (χ0v) is 8.65. The lowest BCUT2D eigenvalue weighted by molar-refractivity contribution is -0.276. The first-order valence-electron chi connectivity index (χ1n) is 4.07. The molecular weight excluding hydrogens is 271 g/mol. The Morgan fingerprint density at radius 1 is 1.06 bits per heavy atom. The van der Waals surface area contributed by atoms with Crippen molar-refractivity contribution in [3.63, 3.8) is 0 Å². The standard InChI is InChI=1S/C9H4ClF5O2/c10-5-1-3-6(4-2-5)17-7(16)8(11,12)9(13,14)15/h1-4H. The van der Waals surface area contributed by atoms with Crippen molar-refractivity contribution >= 4 is 17.6 Å². The minimum Gasteiger partial charge on any atom is -0.422 e. The molecule has 0 heterocycles. The predicted octanol–water partition coefficient (Wildman–Crippen LogP) is 3.44. The van der Waals surface area contributed by atoms with Crippen LogP contribution in [0.5, 0.6) is 5.75 Å². The van der Waals surface area contributed by atoms with Gasteiger partial charge in [-0.3, -0.25) is 0 Å². The third-order valence-corrected chi connectivity index (χ3v) is 1.89. The van der Waals surface area contributed by atoms with E-state index in [0.717, 1.165) is 12.1 Å². The van der Waals surface area contributed by atoms with E-state index in [1.165, 1.54) is 12.1 Å². The first-order valence-corrected chi connectivity index (χ1v) is 4.45. The molecule has 1 rings (SSSR count). The van der Waals surface area contributed by atoms with Gasteiger partial charge in [-0.2, -0.15) is 22.0 Å². The topological polar surface area (TPSA) is 26.3 Å². The fourth-order valence-corrected chi connectivity index (χ4v) is 0.915. The van der Waals surface area contributed by atoms with Crippen molar-refractivity contribution in [1.82, 2.24) is 0 Å². The number of hydrogen-bond acceptors (Lipinski definition) is 2. The van der Waals surface area contributed by atoms with E-state index >= 15 is 0 Å². The van der Waals surface area contributed by atoms with Crippen molar-refractivity contribution in [1.29, 1.82) is 0 Å².